The number of hydrogen-bond donors (Lipinski definition) is 0. The van der Waals surface area contributed by atoms with Crippen LogP contribution in [0.25, 0.3) is 5.57 Å². The van der Waals surface area contributed by atoms with Crippen molar-refractivity contribution in [2.24, 2.45) is 0 Å². The fourth-order valence-electron chi connectivity index (χ4n) is 3.32. The van der Waals surface area contributed by atoms with Gasteiger partial charge in [0.1, 0.15) is 0 Å². The molecule has 0 radical (unpaired) electrons. The van der Waals surface area contributed by atoms with Crippen LogP contribution in [0.5, 0.6) is 0 Å². The molecule has 1 nitrogen and oxygen atoms in total. The topological polar surface area (TPSA) is 9.23 Å². The number of benzene rings is 3. The Morgan fingerprint density at radius 1 is 0.800 bits per heavy atom. The van der Waals surface area contributed by atoms with E-state index in [1.54, 1.807) is 0 Å². The molecule has 0 unspecified atom stereocenters. The Morgan fingerprint density at radius 3 is 2.48 bits per heavy atom. The van der Waals surface area contributed by atoms with Crippen LogP contribution in [0.2, 0.25) is 5.02 Å². The highest BCUT2D eigenvalue weighted by Gasteiger charge is 2.18. The molecule has 1 aliphatic rings. The molecule has 124 valence electrons. The minimum atomic E-state index is 0.596. The summed E-state index contributed by atoms with van der Waals surface area (Å²) in [5.74, 6) is 0. The molecule has 0 N–H and O–H groups in total. The van der Waals surface area contributed by atoms with Crippen LogP contribution in [-0.2, 0) is 24.4 Å². The predicted molar refractivity (Wildman–Crippen MR) is 104 cm³/mol. The van der Waals surface area contributed by atoms with Crippen LogP contribution in [0, 0.1) is 0 Å². The first kappa shape index (κ1) is 16.1. The number of fused-ring (bicyclic) bond motifs is 1. The summed E-state index contributed by atoms with van der Waals surface area (Å²) in [6.45, 7) is 1.22. The van der Waals surface area contributed by atoms with Crippen molar-refractivity contribution >= 4 is 17.2 Å². The molecule has 3 aromatic carbocycles. The van der Waals surface area contributed by atoms with E-state index in [1.165, 1.54) is 33.4 Å². The predicted octanol–water partition coefficient (Wildman–Crippen LogP) is 6.04. The highest BCUT2D eigenvalue weighted by molar-refractivity contribution is 6.30. The molecule has 0 bridgehead atoms. The molecule has 0 heterocycles. The second-order valence-corrected chi connectivity index (χ2v) is 6.70. The first-order valence-corrected chi connectivity index (χ1v) is 8.88. The summed E-state index contributed by atoms with van der Waals surface area (Å²) >= 11 is 6.22. The van der Waals surface area contributed by atoms with E-state index in [2.05, 4.69) is 54.6 Å². The summed E-state index contributed by atoms with van der Waals surface area (Å²) in [7, 11) is 0. The number of allylic oxidation sites excluding steroid dienone is 1. The van der Waals surface area contributed by atoms with Crippen LogP contribution in [0.1, 0.15) is 27.8 Å². The summed E-state index contributed by atoms with van der Waals surface area (Å²) in [5.41, 5.74) is 7.46. The fraction of sp³-hybridized carbons (Fsp3) is 0.130. The van der Waals surface area contributed by atoms with Crippen molar-refractivity contribution < 1.29 is 4.74 Å². The van der Waals surface area contributed by atoms with Gasteiger partial charge in [-0.15, -0.1) is 0 Å². The second kappa shape index (κ2) is 7.26. The maximum atomic E-state index is 6.22. The summed E-state index contributed by atoms with van der Waals surface area (Å²) in [5, 5.41) is 0.782. The SMILES string of the molecule is Clc1ccc2c(c1)C(c1ccccc1COCc1ccccc1)=CC2. The lowest BCUT2D eigenvalue weighted by Crippen LogP contribution is -1.99. The Hall–Kier alpha value is -2.35. The third-order valence-corrected chi connectivity index (χ3v) is 4.80. The molecular formula is C23H19ClO. The quantitative estimate of drug-likeness (QED) is 0.547. The van der Waals surface area contributed by atoms with E-state index in [4.69, 9.17) is 16.3 Å². The Bertz CT molecular complexity index is 912. The van der Waals surface area contributed by atoms with Gasteiger partial charge in [-0.05, 0) is 51.9 Å². The molecule has 0 saturated carbocycles. The Kier molecular flexibility index (Phi) is 4.69. The van der Waals surface area contributed by atoms with Gasteiger partial charge < -0.3 is 4.74 Å². The molecule has 2 heteroatoms. The zero-order chi connectivity index (χ0) is 17.1. The third-order valence-electron chi connectivity index (χ3n) is 4.56. The van der Waals surface area contributed by atoms with Crippen molar-refractivity contribution in [2.75, 3.05) is 0 Å². The van der Waals surface area contributed by atoms with Gasteiger partial charge >= 0.3 is 0 Å². The summed E-state index contributed by atoms with van der Waals surface area (Å²) < 4.78 is 5.96. The second-order valence-electron chi connectivity index (χ2n) is 6.26. The largest absolute Gasteiger partial charge is 0.372 e. The van der Waals surface area contributed by atoms with Crippen LogP contribution in [0.4, 0.5) is 0 Å². The van der Waals surface area contributed by atoms with Crippen molar-refractivity contribution in [3.8, 4) is 0 Å². The lowest BCUT2D eigenvalue weighted by molar-refractivity contribution is 0.107. The standard InChI is InChI=1S/C23H19ClO/c24-20-12-10-18-11-13-22(23(18)14-20)21-9-5-4-8-19(21)16-25-15-17-6-2-1-3-7-17/h1-10,12-14H,11,15-16H2. The normalized spacial score (nSPS) is 12.8. The van der Waals surface area contributed by atoms with E-state index in [0.29, 0.717) is 13.2 Å². The maximum Gasteiger partial charge on any atom is 0.0727 e. The number of rotatable bonds is 5. The highest BCUT2D eigenvalue weighted by atomic mass is 35.5. The Labute approximate surface area is 153 Å². The lowest BCUT2D eigenvalue weighted by Gasteiger charge is -2.13. The molecule has 0 atom stereocenters. The molecule has 0 spiro atoms. The van der Waals surface area contributed by atoms with Gasteiger partial charge in [0.2, 0.25) is 0 Å². The van der Waals surface area contributed by atoms with Crippen LogP contribution >= 0.6 is 11.6 Å². The fourth-order valence-corrected chi connectivity index (χ4v) is 3.49. The van der Waals surface area contributed by atoms with E-state index in [9.17, 15) is 0 Å². The van der Waals surface area contributed by atoms with E-state index >= 15 is 0 Å². The van der Waals surface area contributed by atoms with E-state index in [0.717, 1.165) is 11.4 Å². The molecule has 0 aliphatic heterocycles. The first-order chi connectivity index (χ1) is 12.3. The van der Waals surface area contributed by atoms with Crippen molar-refractivity contribution in [3.63, 3.8) is 0 Å². The molecule has 0 amide bonds. The van der Waals surface area contributed by atoms with Crippen LogP contribution < -0.4 is 0 Å². The Balaban J connectivity index is 1.56. The molecule has 25 heavy (non-hydrogen) atoms. The van der Waals surface area contributed by atoms with Gasteiger partial charge in [0.15, 0.2) is 0 Å². The minimum Gasteiger partial charge on any atom is -0.372 e. The van der Waals surface area contributed by atoms with E-state index in [-0.39, 0.29) is 0 Å². The van der Waals surface area contributed by atoms with Crippen molar-refractivity contribution in [2.45, 2.75) is 19.6 Å². The average molecular weight is 347 g/mol. The maximum absolute atomic E-state index is 6.22. The summed E-state index contributed by atoms with van der Waals surface area (Å²) in [6, 6.07) is 24.9. The summed E-state index contributed by atoms with van der Waals surface area (Å²) in [4.78, 5) is 0. The number of halogens is 1. The number of ether oxygens (including phenoxy) is 1. The van der Waals surface area contributed by atoms with Gasteiger partial charge in [-0.3, -0.25) is 0 Å². The molecule has 0 saturated heterocycles. The third kappa shape index (κ3) is 3.53. The van der Waals surface area contributed by atoms with Crippen molar-refractivity contribution in [1.29, 1.82) is 0 Å². The lowest BCUT2D eigenvalue weighted by atomic mass is 9.95. The molecule has 0 fully saturated rings. The molecule has 1 aliphatic carbocycles. The zero-order valence-corrected chi connectivity index (χ0v) is 14.7. The Morgan fingerprint density at radius 2 is 1.60 bits per heavy atom. The van der Waals surface area contributed by atoms with Crippen LogP contribution in [0.15, 0.2) is 78.9 Å². The summed E-state index contributed by atoms with van der Waals surface area (Å²) in [6.07, 6.45) is 3.25. The first-order valence-electron chi connectivity index (χ1n) is 8.50. The smallest absolute Gasteiger partial charge is 0.0727 e. The molecular weight excluding hydrogens is 328 g/mol. The van der Waals surface area contributed by atoms with Gasteiger partial charge in [-0.25, -0.2) is 0 Å². The van der Waals surface area contributed by atoms with Crippen molar-refractivity contribution in [3.05, 3.63) is 112 Å². The zero-order valence-electron chi connectivity index (χ0n) is 13.9. The van der Waals surface area contributed by atoms with E-state index in [1.807, 2.05) is 24.3 Å². The number of hydrogen-bond acceptors (Lipinski definition) is 1. The van der Waals surface area contributed by atoms with Crippen LogP contribution in [0.3, 0.4) is 0 Å². The van der Waals surface area contributed by atoms with Gasteiger partial charge in [0, 0.05) is 5.02 Å². The van der Waals surface area contributed by atoms with Crippen LogP contribution in [-0.4, -0.2) is 0 Å². The minimum absolute atomic E-state index is 0.596. The monoisotopic (exact) mass is 346 g/mol. The molecule has 4 rings (SSSR count). The highest BCUT2D eigenvalue weighted by Crippen LogP contribution is 2.36. The molecule has 3 aromatic rings. The molecule has 0 aromatic heterocycles. The average Bonchev–Trinajstić information content (AvgIpc) is 3.06. The van der Waals surface area contributed by atoms with E-state index < -0.39 is 0 Å². The van der Waals surface area contributed by atoms with Gasteiger partial charge in [-0.2, -0.15) is 0 Å². The van der Waals surface area contributed by atoms with Gasteiger partial charge in [-0.1, -0.05) is 78.3 Å². The van der Waals surface area contributed by atoms with Gasteiger partial charge in [0.25, 0.3) is 0 Å². The van der Waals surface area contributed by atoms with Gasteiger partial charge in [0.05, 0.1) is 13.2 Å². The van der Waals surface area contributed by atoms with Crippen molar-refractivity contribution in [1.82, 2.24) is 0 Å².